The second-order valence-corrected chi connectivity index (χ2v) is 16.0. The smallest absolute Gasteiger partial charge is 0.171 e. The summed E-state index contributed by atoms with van der Waals surface area (Å²) in [4.78, 5) is 10.7. The molecular formula is C48H31N2OP. The zero-order valence-corrected chi connectivity index (χ0v) is 29.0. The van der Waals surface area contributed by atoms with E-state index in [9.17, 15) is 0 Å². The fourth-order valence-electron chi connectivity index (χ4n) is 8.01. The summed E-state index contributed by atoms with van der Waals surface area (Å²) in [5.74, 6) is 0. The molecule has 3 nitrogen and oxygen atoms in total. The summed E-state index contributed by atoms with van der Waals surface area (Å²) < 4.78 is 15.5. The lowest BCUT2D eigenvalue weighted by molar-refractivity contribution is 0.592. The monoisotopic (exact) mass is 682 g/mol. The summed E-state index contributed by atoms with van der Waals surface area (Å²) >= 11 is 0. The quantitative estimate of drug-likeness (QED) is 0.134. The third-order valence-electron chi connectivity index (χ3n) is 10.3. The Bertz CT molecular complexity index is 2990. The summed E-state index contributed by atoms with van der Waals surface area (Å²) in [6, 6.07) is 62.1. The van der Waals surface area contributed by atoms with Gasteiger partial charge in [-0.25, -0.2) is 4.98 Å². The molecule has 10 aromatic rings. The molecule has 0 bridgehead atoms. The van der Waals surface area contributed by atoms with Gasteiger partial charge >= 0.3 is 0 Å². The largest absolute Gasteiger partial charge is 0.309 e. The molecule has 0 amide bonds. The van der Waals surface area contributed by atoms with E-state index >= 15 is 4.57 Å². The molecule has 52 heavy (non-hydrogen) atoms. The molecule has 0 saturated heterocycles. The van der Waals surface area contributed by atoms with Gasteiger partial charge in [-0.3, -0.25) is 4.98 Å². The molecular weight excluding hydrogens is 652 g/mol. The van der Waals surface area contributed by atoms with Crippen LogP contribution < -0.4 is 15.9 Å². The Balaban J connectivity index is 1.26. The Hall–Kier alpha value is -6.41. The Morgan fingerprint density at radius 2 is 0.923 bits per heavy atom. The van der Waals surface area contributed by atoms with Gasteiger partial charge in [0, 0.05) is 44.0 Å². The maximum absolute atomic E-state index is 15.5. The lowest BCUT2D eigenvalue weighted by atomic mass is 9.91. The maximum atomic E-state index is 15.5. The predicted octanol–water partition coefficient (Wildman–Crippen LogP) is 11.2. The van der Waals surface area contributed by atoms with Crippen molar-refractivity contribution in [2.45, 2.75) is 0 Å². The van der Waals surface area contributed by atoms with Crippen LogP contribution in [0.1, 0.15) is 0 Å². The zero-order chi connectivity index (χ0) is 34.6. The molecule has 2 heterocycles. The standard InChI is InChI=1S/C48H31N2OP/c51-52(34-18-6-2-7-19-34,35-20-8-3-9-21-35)44-29-28-36(37-22-10-13-25-40(37)44)33-30-43-48(49-31-33)46-42-27-15-12-24-39(42)38-23-11-14-26-41(38)45(46)47(50-43)32-16-4-1-5-17-32/h1-31H. The van der Waals surface area contributed by atoms with Gasteiger partial charge in [-0.15, -0.1) is 0 Å². The number of hydrogen-bond donors (Lipinski definition) is 0. The highest BCUT2D eigenvalue weighted by molar-refractivity contribution is 7.85. The Morgan fingerprint density at radius 3 is 1.54 bits per heavy atom. The summed E-state index contributed by atoms with van der Waals surface area (Å²) in [5, 5.41) is 11.4. The lowest BCUT2D eigenvalue weighted by Crippen LogP contribution is -2.25. The van der Waals surface area contributed by atoms with Crippen LogP contribution >= 0.6 is 7.14 Å². The number of nitrogens with zero attached hydrogens (tertiary/aromatic N) is 2. The van der Waals surface area contributed by atoms with E-state index in [0.29, 0.717) is 0 Å². The van der Waals surface area contributed by atoms with E-state index in [-0.39, 0.29) is 0 Å². The van der Waals surface area contributed by atoms with Crippen LogP contribution in [-0.2, 0) is 4.57 Å². The van der Waals surface area contributed by atoms with E-state index in [2.05, 4.69) is 109 Å². The predicted molar refractivity (Wildman–Crippen MR) is 220 cm³/mol. The summed E-state index contributed by atoms with van der Waals surface area (Å²) in [6.45, 7) is 0. The highest BCUT2D eigenvalue weighted by atomic mass is 31.2. The minimum Gasteiger partial charge on any atom is -0.309 e. The molecule has 0 N–H and O–H groups in total. The molecule has 0 radical (unpaired) electrons. The van der Waals surface area contributed by atoms with Crippen LogP contribution in [0, 0.1) is 0 Å². The maximum Gasteiger partial charge on any atom is 0.171 e. The molecule has 244 valence electrons. The van der Waals surface area contributed by atoms with E-state index in [1.807, 2.05) is 79.0 Å². The fraction of sp³-hybridized carbons (Fsp3) is 0. The Morgan fingerprint density at radius 1 is 0.423 bits per heavy atom. The van der Waals surface area contributed by atoms with Crippen LogP contribution in [0.3, 0.4) is 0 Å². The van der Waals surface area contributed by atoms with Crippen molar-refractivity contribution in [1.82, 2.24) is 9.97 Å². The van der Waals surface area contributed by atoms with Crippen LogP contribution in [0.2, 0.25) is 0 Å². The van der Waals surface area contributed by atoms with E-state index in [4.69, 9.17) is 9.97 Å². The van der Waals surface area contributed by atoms with Crippen LogP contribution in [0.4, 0.5) is 0 Å². The Kier molecular flexibility index (Phi) is 7.09. The highest BCUT2D eigenvalue weighted by Crippen LogP contribution is 2.46. The Labute approximate surface area is 301 Å². The summed E-state index contributed by atoms with van der Waals surface area (Å²) in [7, 11) is -3.21. The minimum absolute atomic E-state index is 0.816. The first-order valence-electron chi connectivity index (χ1n) is 17.5. The normalized spacial score (nSPS) is 11.9. The molecule has 0 spiro atoms. The summed E-state index contributed by atoms with van der Waals surface area (Å²) in [5.41, 5.74) is 5.69. The SMILES string of the molecule is O=P(c1ccccc1)(c1ccccc1)c1ccc(-c2cnc3c(c2)nc(-c2ccccc2)c2c4ccccc4c4ccccc4c32)c2ccccc12. The molecule has 4 heteroatoms. The molecule has 0 atom stereocenters. The van der Waals surface area contributed by atoms with Crippen molar-refractivity contribution in [3.63, 3.8) is 0 Å². The molecule has 0 aliphatic carbocycles. The van der Waals surface area contributed by atoms with Crippen LogP contribution in [0.15, 0.2) is 188 Å². The van der Waals surface area contributed by atoms with Crippen LogP contribution in [-0.4, -0.2) is 9.97 Å². The topological polar surface area (TPSA) is 42.9 Å². The minimum atomic E-state index is -3.21. The molecule has 0 saturated carbocycles. The lowest BCUT2D eigenvalue weighted by Gasteiger charge is -2.22. The molecule has 8 aromatic carbocycles. The van der Waals surface area contributed by atoms with Gasteiger partial charge in [-0.05, 0) is 50.0 Å². The second-order valence-electron chi connectivity index (χ2n) is 13.2. The van der Waals surface area contributed by atoms with E-state index < -0.39 is 7.14 Å². The van der Waals surface area contributed by atoms with Gasteiger partial charge < -0.3 is 4.57 Å². The van der Waals surface area contributed by atoms with Crippen molar-refractivity contribution in [3.8, 4) is 22.4 Å². The van der Waals surface area contributed by atoms with Gasteiger partial charge in [-0.1, -0.05) is 170 Å². The van der Waals surface area contributed by atoms with Crippen molar-refractivity contribution in [2.75, 3.05) is 0 Å². The van der Waals surface area contributed by atoms with Gasteiger partial charge in [0.2, 0.25) is 0 Å². The van der Waals surface area contributed by atoms with E-state index in [1.165, 1.54) is 10.8 Å². The molecule has 0 fully saturated rings. The first kappa shape index (κ1) is 30.4. The average Bonchev–Trinajstić information content (AvgIpc) is 3.23. The van der Waals surface area contributed by atoms with Gasteiger partial charge in [-0.2, -0.15) is 0 Å². The van der Waals surface area contributed by atoms with Gasteiger partial charge in [0.1, 0.15) is 0 Å². The van der Waals surface area contributed by atoms with Crippen LogP contribution in [0.25, 0.3) is 76.5 Å². The molecule has 10 rings (SSSR count). The number of hydrogen-bond acceptors (Lipinski definition) is 3. The number of pyridine rings is 2. The molecule has 2 aromatic heterocycles. The molecule has 0 aliphatic rings. The highest BCUT2D eigenvalue weighted by Gasteiger charge is 2.31. The number of benzene rings is 8. The number of rotatable bonds is 5. The molecule has 0 unspecified atom stereocenters. The van der Waals surface area contributed by atoms with Crippen molar-refractivity contribution in [3.05, 3.63) is 188 Å². The van der Waals surface area contributed by atoms with Gasteiger partial charge in [0.05, 0.1) is 16.7 Å². The zero-order valence-electron chi connectivity index (χ0n) is 28.1. The second kappa shape index (κ2) is 12.1. The van der Waals surface area contributed by atoms with E-state index in [1.54, 1.807) is 0 Å². The van der Waals surface area contributed by atoms with Gasteiger partial charge in [0.15, 0.2) is 7.14 Å². The first-order chi connectivity index (χ1) is 25.7. The van der Waals surface area contributed by atoms with E-state index in [0.717, 1.165) is 81.6 Å². The number of aromatic nitrogens is 2. The van der Waals surface area contributed by atoms with Crippen molar-refractivity contribution in [1.29, 1.82) is 0 Å². The fourth-order valence-corrected chi connectivity index (χ4v) is 10.9. The number of fused-ring (bicyclic) bond motifs is 9. The summed E-state index contributed by atoms with van der Waals surface area (Å²) in [6.07, 6.45) is 1.98. The first-order valence-corrected chi connectivity index (χ1v) is 19.2. The van der Waals surface area contributed by atoms with Crippen molar-refractivity contribution >= 4 is 77.2 Å². The van der Waals surface area contributed by atoms with Crippen molar-refractivity contribution in [2.24, 2.45) is 0 Å². The third kappa shape index (κ3) is 4.64. The van der Waals surface area contributed by atoms with Crippen molar-refractivity contribution < 1.29 is 4.57 Å². The van der Waals surface area contributed by atoms with Gasteiger partial charge in [0.25, 0.3) is 0 Å². The third-order valence-corrected chi connectivity index (χ3v) is 13.5. The average molecular weight is 683 g/mol. The van der Waals surface area contributed by atoms with Crippen LogP contribution in [0.5, 0.6) is 0 Å². The molecule has 0 aliphatic heterocycles.